The van der Waals surface area contributed by atoms with Crippen LogP contribution in [0.25, 0.3) is 11.1 Å². The van der Waals surface area contributed by atoms with Gasteiger partial charge in [-0.05, 0) is 23.3 Å². The van der Waals surface area contributed by atoms with Gasteiger partial charge in [0.05, 0.1) is 5.56 Å². The van der Waals surface area contributed by atoms with E-state index in [-0.39, 0.29) is 6.61 Å². The molecule has 0 atom stereocenters. The van der Waals surface area contributed by atoms with Gasteiger partial charge in [-0.2, -0.15) is 0 Å². The van der Waals surface area contributed by atoms with Crippen LogP contribution in [0.4, 0.5) is 10.6 Å². The Hall–Kier alpha value is -2.60. The predicted octanol–water partition coefficient (Wildman–Crippen LogP) is 4.85. The van der Waals surface area contributed by atoms with Gasteiger partial charge in [-0.1, -0.05) is 63.6 Å². The molecule has 3 aromatic rings. The Bertz CT molecular complexity index is 785. The number of rotatable bonds is 4. The number of hydrogen-bond acceptors (Lipinski definition) is 4. The molecule has 1 N–H and O–H groups in total. The third kappa shape index (κ3) is 3.98. The van der Waals surface area contributed by atoms with Gasteiger partial charge >= 0.3 is 6.09 Å². The Morgan fingerprint density at radius 3 is 2.61 bits per heavy atom. The first-order valence-electron chi connectivity index (χ1n) is 6.90. The minimum absolute atomic E-state index is 0.193. The van der Waals surface area contributed by atoms with E-state index in [1.165, 1.54) is 6.26 Å². The van der Waals surface area contributed by atoms with E-state index < -0.39 is 6.09 Å². The summed E-state index contributed by atoms with van der Waals surface area (Å²) in [6.07, 6.45) is 0.900. The fourth-order valence-electron chi connectivity index (χ4n) is 2.02. The molecule has 1 heterocycles. The van der Waals surface area contributed by atoms with Crippen molar-refractivity contribution in [3.8, 4) is 11.1 Å². The third-order valence-corrected chi connectivity index (χ3v) is 3.69. The van der Waals surface area contributed by atoms with Gasteiger partial charge in [0.15, 0.2) is 5.82 Å². The molecule has 0 aliphatic rings. The van der Waals surface area contributed by atoms with Crippen LogP contribution in [0.3, 0.4) is 0 Å². The molecule has 2 aromatic carbocycles. The summed E-state index contributed by atoms with van der Waals surface area (Å²) < 4.78 is 11.1. The maximum absolute atomic E-state index is 11.9. The van der Waals surface area contributed by atoms with Gasteiger partial charge in [0.25, 0.3) is 0 Å². The highest BCUT2D eigenvalue weighted by Crippen LogP contribution is 2.28. The number of halogens is 1. The van der Waals surface area contributed by atoms with Gasteiger partial charge in [-0.3, -0.25) is 5.32 Å². The van der Waals surface area contributed by atoms with E-state index in [2.05, 4.69) is 26.4 Å². The number of carbonyl (C=O) groups is 1. The van der Waals surface area contributed by atoms with Crippen molar-refractivity contribution in [2.24, 2.45) is 0 Å². The second kappa shape index (κ2) is 7.11. The molecule has 0 unspecified atom stereocenters. The first-order chi connectivity index (χ1) is 11.2. The van der Waals surface area contributed by atoms with Crippen LogP contribution in [0.1, 0.15) is 5.56 Å². The zero-order valence-corrected chi connectivity index (χ0v) is 13.6. The first kappa shape index (κ1) is 15.3. The van der Waals surface area contributed by atoms with Crippen LogP contribution in [-0.4, -0.2) is 11.2 Å². The van der Waals surface area contributed by atoms with Crippen LogP contribution in [-0.2, 0) is 11.3 Å². The Morgan fingerprint density at radius 1 is 1.13 bits per heavy atom. The van der Waals surface area contributed by atoms with E-state index in [9.17, 15) is 4.79 Å². The van der Waals surface area contributed by atoms with Crippen molar-refractivity contribution in [1.29, 1.82) is 0 Å². The largest absolute Gasteiger partial charge is 0.444 e. The maximum atomic E-state index is 11.9. The lowest BCUT2D eigenvalue weighted by Gasteiger charge is -2.06. The van der Waals surface area contributed by atoms with Crippen molar-refractivity contribution >= 4 is 27.8 Å². The monoisotopic (exact) mass is 372 g/mol. The summed E-state index contributed by atoms with van der Waals surface area (Å²) in [7, 11) is 0. The van der Waals surface area contributed by atoms with E-state index in [1.54, 1.807) is 0 Å². The number of hydrogen-bond donors (Lipinski definition) is 1. The minimum Gasteiger partial charge on any atom is -0.444 e. The molecule has 0 aliphatic carbocycles. The normalized spacial score (nSPS) is 10.3. The van der Waals surface area contributed by atoms with Crippen LogP contribution in [0, 0.1) is 0 Å². The van der Waals surface area contributed by atoms with E-state index in [1.807, 2.05) is 54.6 Å². The van der Waals surface area contributed by atoms with Crippen molar-refractivity contribution < 1.29 is 14.1 Å². The molecule has 3 rings (SSSR count). The Labute approximate surface area is 141 Å². The second-order valence-corrected chi connectivity index (χ2v) is 5.69. The molecule has 0 saturated carbocycles. The van der Waals surface area contributed by atoms with Gasteiger partial charge in [-0.25, -0.2) is 4.79 Å². The Balaban J connectivity index is 1.65. The molecule has 0 spiro atoms. The third-order valence-electron chi connectivity index (χ3n) is 3.16. The van der Waals surface area contributed by atoms with Crippen LogP contribution in [0.2, 0.25) is 0 Å². The summed E-state index contributed by atoms with van der Waals surface area (Å²) in [6.45, 7) is 0.193. The first-order valence-corrected chi connectivity index (χ1v) is 7.70. The number of nitrogens with zero attached hydrogens (tertiary/aromatic N) is 1. The highest BCUT2D eigenvalue weighted by atomic mass is 79.9. The standard InChI is InChI=1S/C17H13BrN2O3/c18-14-8-6-13(7-9-14)15-11-23-20-16(15)19-17(21)22-10-12-4-2-1-3-5-12/h1-9,11H,10H2,(H,19,20,21). The zero-order chi connectivity index (χ0) is 16.1. The lowest BCUT2D eigenvalue weighted by Crippen LogP contribution is -2.14. The smallest absolute Gasteiger partial charge is 0.413 e. The second-order valence-electron chi connectivity index (χ2n) is 4.77. The quantitative estimate of drug-likeness (QED) is 0.710. The summed E-state index contributed by atoms with van der Waals surface area (Å²) >= 11 is 3.38. The summed E-state index contributed by atoms with van der Waals surface area (Å²) in [5, 5.41) is 6.41. The van der Waals surface area contributed by atoms with Crippen LogP contribution in [0.15, 0.2) is 69.9 Å². The number of aromatic nitrogens is 1. The number of benzene rings is 2. The SMILES string of the molecule is O=C(Nc1nocc1-c1ccc(Br)cc1)OCc1ccccc1. The van der Waals surface area contributed by atoms with Crippen molar-refractivity contribution in [2.75, 3.05) is 5.32 Å². The minimum atomic E-state index is -0.582. The van der Waals surface area contributed by atoms with Crippen LogP contribution in [0.5, 0.6) is 0 Å². The molecule has 1 amide bonds. The summed E-state index contributed by atoms with van der Waals surface area (Å²) in [6, 6.07) is 17.1. The summed E-state index contributed by atoms with van der Waals surface area (Å²) in [5.41, 5.74) is 2.48. The van der Waals surface area contributed by atoms with Crippen LogP contribution >= 0.6 is 15.9 Å². The van der Waals surface area contributed by atoms with Gasteiger partial charge in [-0.15, -0.1) is 0 Å². The topological polar surface area (TPSA) is 64.4 Å². The molecule has 5 nitrogen and oxygen atoms in total. The number of anilines is 1. The van der Waals surface area contributed by atoms with Gasteiger partial charge in [0.1, 0.15) is 12.9 Å². The van der Waals surface area contributed by atoms with Crippen molar-refractivity contribution in [1.82, 2.24) is 5.16 Å². The molecule has 116 valence electrons. The van der Waals surface area contributed by atoms with E-state index >= 15 is 0 Å². The zero-order valence-electron chi connectivity index (χ0n) is 12.0. The van der Waals surface area contributed by atoms with Crippen molar-refractivity contribution in [2.45, 2.75) is 6.61 Å². The molecular formula is C17H13BrN2O3. The van der Waals surface area contributed by atoms with Crippen molar-refractivity contribution in [3.05, 3.63) is 70.9 Å². The highest BCUT2D eigenvalue weighted by Gasteiger charge is 2.13. The van der Waals surface area contributed by atoms with Crippen LogP contribution < -0.4 is 5.32 Å². The van der Waals surface area contributed by atoms with E-state index in [4.69, 9.17) is 9.26 Å². The fraction of sp³-hybridized carbons (Fsp3) is 0.0588. The number of carbonyl (C=O) groups excluding carboxylic acids is 1. The molecule has 23 heavy (non-hydrogen) atoms. The molecule has 0 bridgehead atoms. The molecular weight excluding hydrogens is 360 g/mol. The molecule has 6 heteroatoms. The molecule has 0 fully saturated rings. The average Bonchev–Trinajstić information content (AvgIpc) is 3.03. The van der Waals surface area contributed by atoms with Gasteiger partial charge in [0.2, 0.25) is 0 Å². The van der Waals surface area contributed by atoms with Gasteiger partial charge < -0.3 is 9.26 Å². The lowest BCUT2D eigenvalue weighted by molar-refractivity contribution is 0.155. The number of nitrogens with one attached hydrogen (secondary N) is 1. The number of amides is 1. The summed E-state index contributed by atoms with van der Waals surface area (Å²) in [4.78, 5) is 11.9. The highest BCUT2D eigenvalue weighted by molar-refractivity contribution is 9.10. The molecule has 1 aromatic heterocycles. The average molecular weight is 373 g/mol. The van der Waals surface area contributed by atoms with Gasteiger partial charge in [0, 0.05) is 4.47 Å². The van der Waals surface area contributed by atoms with Crippen molar-refractivity contribution in [3.63, 3.8) is 0 Å². The molecule has 0 saturated heterocycles. The van der Waals surface area contributed by atoms with E-state index in [0.717, 1.165) is 15.6 Å². The molecule has 0 aliphatic heterocycles. The Morgan fingerprint density at radius 2 is 1.87 bits per heavy atom. The Kier molecular flexibility index (Phi) is 4.73. The summed E-state index contributed by atoms with van der Waals surface area (Å²) in [5.74, 6) is 0.324. The molecule has 0 radical (unpaired) electrons. The maximum Gasteiger partial charge on any atom is 0.413 e. The fourth-order valence-corrected chi connectivity index (χ4v) is 2.28. The number of ether oxygens (including phenoxy) is 1. The lowest BCUT2D eigenvalue weighted by atomic mass is 10.1. The predicted molar refractivity (Wildman–Crippen MR) is 89.9 cm³/mol. The van der Waals surface area contributed by atoms with E-state index in [0.29, 0.717) is 11.4 Å².